The normalized spacial score (nSPS) is 10.3. The van der Waals surface area contributed by atoms with Crippen molar-refractivity contribution in [3.63, 3.8) is 0 Å². The van der Waals surface area contributed by atoms with E-state index in [4.69, 9.17) is 21.1 Å². The molecule has 0 fully saturated rings. The van der Waals surface area contributed by atoms with E-state index < -0.39 is 18.5 Å². The van der Waals surface area contributed by atoms with Crippen LogP contribution in [0, 0.1) is 0 Å². The number of esters is 1. The van der Waals surface area contributed by atoms with Crippen LogP contribution in [-0.4, -0.2) is 30.6 Å². The molecule has 0 saturated heterocycles. The Hall–Kier alpha value is -3.10. The number of nitrogens with one attached hydrogen (secondary N) is 2. The molecule has 2 N–H and O–H groups in total. The van der Waals surface area contributed by atoms with Crippen LogP contribution in [-0.2, 0) is 16.1 Å². The number of hydrogen-bond acceptors (Lipinski definition) is 7. The minimum absolute atomic E-state index is 0.144. The summed E-state index contributed by atoms with van der Waals surface area (Å²) in [5.41, 5.74) is 1.71. The fourth-order valence-corrected chi connectivity index (χ4v) is 3.30. The van der Waals surface area contributed by atoms with Crippen molar-refractivity contribution in [3.05, 3.63) is 70.2 Å². The quantitative estimate of drug-likeness (QED) is 0.519. The molecule has 29 heavy (non-hydrogen) atoms. The van der Waals surface area contributed by atoms with E-state index in [-0.39, 0.29) is 5.69 Å². The summed E-state index contributed by atoms with van der Waals surface area (Å²) in [6, 6.07) is 14.6. The zero-order valence-corrected chi connectivity index (χ0v) is 17.0. The molecular formula is C20H18ClN3O4S. The van der Waals surface area contributed by atoms with Gasteiger partial charge in [0.05, 0.1) is 12.1 Å². The highest BCUT2D eigenvalue weighted by atomic mass is 35.5. The third-order valence-electron chi connectivity index (χ3n) is 3.77. The highest BCUT2D eigenvalue weighted by molar-refractivity contribution is 7.13. The van der Waals surface area contributed by atoms with Crippen molar-refractivity contribution in [2.45, 2.75) is 6.54 Å². The Morgan fingerprint density at radius 1 is 1.17 bits per heavy atom. The molecule has 3 rings (SSSR count). The van der Waals surface area contributed by atoms with Crippen LogP contribution in [0.4, 0.5) is 10.8 Å². The SMILES string of the molecule is COc1ccc(NC(=O)COC(=O)c2csc(NCc3ccccc3)n2)cc1Cl. The Labute approximate surface area is 176 Å². The smallest absolute Gasteiger partial charge is 0.358 e. The molecule has 3 aromatic rings. The van der Waals surface area contributed by atoms with Gasteiger partial charge in [-0.05, 0) is 23.8 Å². The van der Waals surface area contributed by atoms with Crippen molar-refractivity contribution in [2.24, 2.45) is 0 Å². The average Bonchev–Trinajstić information content (AvgIpc) is 3.21. The van der Waals surface area contributed by atoms with Crippen molar-refractivity contribution in [1.82, 2.24) is 4.98 Å². The highest BCUT2D eigenvalue weighted by Gasteiger charge is 2.14. The molecule has 0 radical (unpaired) electrons. The van der Waals surface area contributed by atoms with Crippen molar-refractivity contribution < 1.29 is 19.1 Å². The molecule has 1 heterocycles. The van der Waals surface area contributed by atoms with E-state index in [1.54, 1.807) is 23.6 Å². The maximum absolute atomic E-state index is 12.1. The average molecular weight is 432 g/mol. The van der Waals surface area contributed by atoms with Gasteiger partial charge in [-0.25, -0.2) is 9.78 Å². The number of rotatable bonds is 8. The van der Waals surface area contributed by atoms with Gasteiger partial charge in [-0.2, -0.15) is 0 Å². The monoisotopic (exact) mass is 431 g/mol. The van der Waals surface area contributed by atoms with E-state index in [2.05, 4.69) is 15.6 Å². The number of nitrogens with zero attached hydrogens (tertiary/aromatic N) is 1. The van der Waals surface area contributed by atoms with Gasteiger partial charge >= 0.3 is 5.97 Å². The molecule has 0 bridgehead atoms. The lowest BCUT2D eigenvalue weighted by molar-refractivity contribution is -0.119. The Balaban J connectivity index is 1.47. The molecule has 9 heteroatoms. The minimum Gasteiger partial charge on any atom is -0.495 e. The number of halogens is 1. The van der Waals surface area contributed by atoms with Gasteiger partial charge < -0.3 is 20.1 Å². The molecule has 0 atom stereocenters. The van der Waals surface area contributed by atoms with Gasteiger partial charge in [0.15, 0.2) is 17.4 Å². The van der Waals surface area contributed by atoms with E-state index >= 15 is 0 Å². The molecular weight excluding hydrogens is 414 g/mol. The van der Waals surface area contributed by atoms with E-state index in [0.717, 1.165) is 5.56 Å². The molecule has 0 aliphatic heterocycles. The first kappa shape index (κ1) is 20.6. The maximum Gasteiger partial charge on any atom is 0.358 e. The Morgan fingerprint density at radius 2 is 1.97 bits per heavy atom. The summed E-state index contributed by atoms with van der Waals surface area (Å²) in [6.07, 6.45) is 0. The molecule has 150 valence electrons. The fourth-order valence-electron chi connectivity index (χ4n) is 2.37. The number of hydrogen-bond donors (Lipinski definition) is 2. The second-order valence-corrected chi connectivity index (χ2v) is 7.12. The first-order chi connectivity index (χ1) is 14.0. The number of methoxy groups -OCH3 is 1. The minimum atomic E-state index is -0.670. The number of carbonyl (C=O) groups excluding carboxylic acids is 2. The third-order valence-corrected chi connectivity index (χ3v) is 4.87. The summed E-state index contributed by atoms with van der Waals surface area (Å²) in [5, 5.41) is 8.28. The summed E-state index contributed by atoms with van der Waals surface area (Å²) in [4.78, 5) is 28.3. The molecule has 2 aromatic carbocycles. The van der Waals surface area contributed by atoms with E-state index in [9.17, 15) is 9.59 Å². The fraction of sp³-hybridized carbons (Fsp3) is 0.150. The van der Waals surface area contributed by atoms with Crippen LogP contribution in [0.25, 0.3) is 0 Å². The molecule has 1 amide bonds. The zero-order valence-electron chi connectivity index (χ0n) is 15.5. The maximum atomic E-state index is 12.1. The largest absolute Gasteiger partial charge is 0.495 e. The second-order valence-electron chi connectivity index (χ2n) is 5.85. The summed E-state index contributed by atoms with van der Waals surface area (Å²) < 4.78 is 10.1. The van der Waals surface area contributed by atoms with Gasteiger partial charge in [0.1, 0.15) is 5.75 Å². The first-order valence-corrected chi connectivity index (χ1v) is 9.85. The summed E-state index contributed by atoms with van der Waals surface area (Å²) >= 11 is 7.30. The molecule has 0 aliphatic carbocycles. The lowest BCUT2D eigenvalue weighted by atomic mass is 10.2. The summed E-state index contributed by atoms with van der Waals surface area (Å²) in [7, 11) is 1.50. The van der Waals surface area contributed by atoms with Crippen LogP contribution < -0.4 is 15.4 Å². The molecule has 1 aromatic heterocycles. The first-order valence-electron chi connectivity index (χ1n) is 8.59. The van der Waals surface area contributed by atoms with Crippen molar-refractivity contribution in [3.8, 4) is 5.75 Å². The molecule has 7 nitrogen and oxygen atoms in total. The van der Waals surface area contributed by atoms with Gasteiger partial charge in [-0.1, -0.05) is 41.9 Å². The molecule has 0 aliphatic rings. The molecule has 0 saturated carbocycles. The second kappa shape index (κ2) is 9.90. The predicted molar refractivity (Wildman–Crippen MR) is 113 cm³/mol. The van der Waals surface area contributed by atoms with Crippen LogP contribution in [0.15, 0.2) is 53.9 Å². The van der Waals surface area contributed by atoms with Gasteiger partial charge in [0.2, 0.25) is 0 Å². The number of ether oxygens (including phenoxy) is 2. The number of aromatic nitrogens is 1. The summed E-state index contributed by atoms with van der Waals surface area (Å²) in [5.74, 6) is -0.662. The van der Waals surface area contributed by atoms with E-state index in [1.807, 2.05) is 30.3 Å². The molecule has 0 unspecified atom stereocenters. The van der Waals surface area contributed by atoms with Crippen LogP contribution >= 0.6 is 22.9 Å². The Morgan fingerprint density at radius 3 is 2.69 bits per heavy atom. The van der Waals surface area contributed by atoms with Crippen molar-refractivity contribution >= 4 is 45.6 Å². The van der Waals surface area contributed by atoms with Crippen LogP contribution in [0.1, 0.15) is 16.1 Å². The molecule has 0 spiro atoms. The van der Waals surface area contributed by atoms with Gasteiger partial charge in [0, 0.05) is 17.6 Å². The number of thiazole rings is 1. The van der Waals surface area contributed by atoms with Crippen molar-refractivity contribution in [1.29, 1.82) is 0 Å². The van der Waals surface area contributed by atoms with Gasteiger partial charge in [-0.3, -0.25) is 4.79 Å². The van der Waals surface area contributed by atoms with Gasteiger partial charge in [0.25, 0.3) is 5.91 Å². The number of benzene rings is 2. The standard InChI is InChI=1S/C20H18ClN3O4S/c1-27-17-8-7-14(9-15(17)21)23-18(25)11-28-19(26)16-12-29-20(24-16)22-10-13-5-3-2-4-6-13/h2-9,12H,10-11H2,1H3,(H,22,24)(H,23,25). The Bertz CT molecular complexity index is 994. The summed E-state index contributed by atoms with van der Waals surface area (Å²) in [6.45, 7) is 0.155. The third kappa shape index (κ3) is 5.94. The Kier molecular flexibility index (Phi) is 7.04. The predicted octanol–water partition coefficient (Wildman–Crippen LogP) is 4.21. The van der Waals surface area contributed by atoms with Gasteiger partial charge in [-0.15, -0.1) is 11.3 Å². The highest BCUT2D eigenvalue weighted by Crippen LogP contribution is 2.27. The number of anilines is 2. The number of carbonyl (C=O) groups is 2. The van der Waals surface area contributed by atoms with E-state index in [1.165, 1.54) is 18.4 Å². The topological polar surface area (TPSA) is 89.5 Å². The lowest BCUT2D eigenvalue weighted by Gasteiger charge is -2.08. The van der Waals surface area contributed by atoms with E-state index in [0.29, 0.717) is 28.1 Å². The number of amides is 1. The van der Waals surface area contributed by atoms with Crippen LogP contribution in [0.2, 0.25) is 5.02 Å². The van der Waals surface area contributed by atoms with Crippen LogP contribution in [0.3, 0.4) is 0 Å². The lowest BCUT2D eigenvalue weighted by Crippen LogP contribution is -2.21. The zero-order chi connectivity index (χ0) is 20.6. The van der Waals surface area contributed by atoms with Crippen LogP contribution in [0.5, 0.6) is 5.75 Å². The van der Waals surface area contributed by atoms with Crippen molar-refractivity contribution in [2.75, 3.05) is 24.4 Å².